The molecule has 2 nitrogen and oxygen atoms in total. The lowest BCUT2D eigenvalue weighted by atomic mass is 10.1. The van der Waals surface area contributed by atoms with Gasteiger partial charge in [-0.25, -0.2) is 12.8 Å². The van der Waals surface area contributed by atoms with E-state index in [0.29, 0.717) is 6.42 Å². The van der Waals surface area contributed by atoms with E-state index in [9.17, 15) is 12.8 Å². The summed E-state index contributed by atoms with van der Waals surface area (Å²) in [5.74, 6) is 0. The highest BCUT2D eigenvalue weighted by molar-refractivity contribution is 8.13. The number of fused-ring (bicyclic) bond motifs is 1. The van der Waals surface area contributed by atoms with E-state index >= 15 is 0 Å². The first-order valence-corrected chi connectivity index (χ1v) is 6.48. The third kappa shape index (κ3) is 1.77. The SMILES string of the molecule is O=S(=O)(Cl)c1ccc2c(c1)CC(F)C2. The van der Waals surface area contributed by atoms with Crippen molar-refractivity contribution in [3.63, 3.8) is 0 Å². The summed E-state index contributed by atoms with van der Waals surface area (Å²) in [4.78, 5) is 0.0482. The summed E-state index contributed by atoms with van der Waals surface area (Å²) in [6.07, 6.45) is -0.230. The van der Waals surface area contributed by atoms with Gasteiger partial charge in [0.2, 0.25) is 0 Å². The molecule has 1 unspecified atom stereocenters. The van der Waals surface area contributed by atoms with Crippen molar-refractivity contribution in [3.8, 4) is 0 Å². The van der Waals surface area contributed by atoms with Crippen LogP contribution < -0.4 is 0 Å². The van der Waals surface area contributed by atoms with E-state index in [1.807, 2.05) is 0 Å². The van der Waals surface area contributed by atoms with Crippen molar-refractivity contribution in [2.24, 2.45) is 0 Å². The van der Waals surface area contributed by atoms with E-state index in [2.05, 4.69) is 0 Å². The molecule has 1 aromatic rings. The van der Waals surface area contributed by atoms with Crippen molar-refractivity contribution in [2.75, 3.05) is 0 Å². The van der Waals surface area contributed by atoms with Crippen LogP contribution >= 0.6 is 10.7 Å². The predicted molar refractivity (Wildman–Crippen MR) is 51.8 cm³/mol. The van der Waals surface area contributed by atoms with Gasteiger partial charge < -0.3 is 0 Å². The quantitative estimate of drug-likeness (QED) is 0.697. The Bertz CT molecular complexity index is 470. The molecule has 0 heterocycles. The van der Waals surface area contributed by atoms with Gasteiger partial charge in [0.25, 0.3) is 9.05 Å². The lowest BCUT2D eigenvalue weighted by Gasteiger charge is -2.00. The summed E-state index contributed by atoms with van der Waals surface area (Å²) in [6, 6.07) is 4.50. The highest BCUT2D eigenvalue weighted by Crippen LogP contribution is 2.27. The zero-order chi connectivity index (χ0) is 10.3. The maximum Gasteiger partial charge on any atom is 0.261 e. The Balaban J connectivity index is 2.48. The molecule has 1 atom stereocenters. The molecular formula is C9H8ClFO2S. The number of hydrogen-bond donors (Lipinski definition) is 0. The van der Waals surface area contributed by atoms with Crippen molar-refractivity contribution in [2.45, 2.75) is 23.9 Å². The smallest absolute Gasteiger partial charge is 0.247 e. The zero-order valence-electron chi connectivity index (χ0n) is 7.20. The van der Waals surface area contributed by atoms with Crippen LogP contribution in [0.25, 0.3) is 0 Å². The largest absolute Gasteiger partial charge is 0.261 e. The third-order valence-electron chi connectivity index (χ3n) is 2.34. The number of hydrogen-bond acceptors (Lipinski definition) is 2. The van der Waals surface area contributed by atoms with Crippen molar-refractivity contribution in [1.82, 2.24) is 0 Å². The average molecular weight is 235 g/mol. The van der Waals surface area contributed by atoms with Gasteiger partial charge in [-0.15, -0.1) is 0 Å². The van der Waals surface area contributed by atoms with Crippen LogP contribution in [0.2, 0.25) is 0 Å². The zero-order valence-corrected chi connectivity index (χ0v) is 8.78. The fourth-order valence-corrected chi connectivity index (χ4v) is 2.49. The summed E-state index contributed by atoms with van der Waals surface area (Å²) in [6.45, 7) is 0. The van der Waals surface area contributed by atoms with Crippen molar-refractivity contribution >= 4 is 19.7 Å². The number of rotatable bonds is 1. The van der Waals surface area contributed by atoms with Gasteiger partial charge in [-0.2, -0.15) is 0 Å². The average Bonchev–Trinajstić information content (AvgIpc) is 2.41. The molecule has 14 heavy (non-hydrogen) atoms. The maximum absolute atomic E-state index is 13.0. The molecule has 0 aliphatic heterocycles. The molecule has 0 fully saturated rings. The summed E-state index contributed by atoms with van der Waals surface area (Å²) in [5, 5.41) is 0. The molecule has 5 heteroatoms. The second-order valence-electron chi connectivity index (χ2n) is 3.37. The molecule has 2 rings (SSSR count). The van der Waals surface area contributed by atoms with E-state index in [0.717, 1.165) is 11.1 Å². The Morgan fingerprint density at radius 1 is 1.29 bits per heavy atom. The fourth-order valence-electron chi connectivity index (χ4n) is 1.69. The standard InChI is InChI=1S/C9H8ClFO2S/c10-14(12,13)9-2-1-6-3-8(11)4-7(6)5-9/h1-2,5,8H,3-4H2. The van der Waals surface area contributed by atoms with Gasteiger partial charge >= 0.3 is 0 Å². The molecule has 0 amide bonds. The molecule has 76 valence electrons. The fraction of sp³-hybridized carbons (Fsp3) is 0.333. The van der Waals surface area contributed by atoms with Gasteiger partial charge in [-0.3, -0.25) is 0 Å². The molecule has 0 radical (unpaired) electrons. The summed E-state index contributed by atoms with van der Waals surface area (Å²) in [7, 11) is 1.48. The first-order valence-electron chi connectivity index (χ1n) is 4.17. The van der Waals surface area contributed by atoms with Crippen LogP contribution in [0, 0.1) is 0 Å². The second kappa shape index (κ2) is 3.21. The Kier molecular flexibility index (Phi) is 2.27. The molecule has 0 N–H and O–H groups in total. The lowest BCUT2D eigenvalue weighted by Crippen LogP contribution is -1.95. The second-order valence-corrected chi connectivity index (χ2v) is 5.94. The molecule has 0 spiro atoms. The van der Waals surface area contributed by atoms with Gasteiger partial charge in [0.1, 0.15) is 6.17 Å². The number of halogens is 2. The molecule has 1 aliphatic rings. The van der Waals surface area contributed by atoms with Crippen LogP contribution in [0.5, 0.6) is 0 Å². The van der Waals surface area contributed by atoms with Crippen molar-refractivity contribution in [3.05, 3.63) is 29.3 Å². The third-order valence-corrected chi connectivity index (χ3v) is 3.69. The highest BCUT2D eigenvalue weighted by Gasteiger charge is 2.22. The monoisotopic (exact) mass is 234 g/mol. The first-order chi connectivity index (χ1) is 6.47. The minimum Gasteiger partial charge on any atom is -0.247 e. The van der Waals surface area contributed by atoms with E-state index in [4.69, 9.17) is 10.7 Å². The summed E-state index contributed by atoms with van der Waals surface area (Å²) >= 11 is 0. The van der Waals surface area contributed by atoms with Gasteiger partial charge in [0, 0.05) is 23.5 Å². The summed E-state index contributed by atoms with van der Waals surface area (Å²) < 4.78 is 34.9. The van der Waals surface area contributed by atoms with Crippen molar-refractivity contribution < 1.29 is 12.8 Å². The van der Waals surface area contributed by atoms with E-state index in [1.165, 1.54) is 12.1 Å². The van der Waals surface area contributed by atoms with E-state index in [1.54, 1.807) is 6.07 Å². The summed E-state index contributed by atoms with van der Waals surface area (Å²) in [5.41, 5.74) is 1.63. The Hall–Kier alpha value is -0.610. The minimum atomic E-state index is -3.69. The van der Waals surface area contributed by atoms with Gasteiger partial charge in [-0.1, -0.05) is 6.07 Å². The molecule has 0 aromatic heterocycles. The van der Waals surface area contributed by atoms with Gasteiger partial charge in [0.05, 0.1) is 4.90 Å². The van der Waals surface area contributed by atoms with Crippen molar-refractivity contribution in [1.29, 1.82) is 0 Å². The molecule has 0 saturated heterocycles. The van der Waals surface area contributed by atoms with E-state index in [-0.39, 0.29) is 11.3 Å². The molecule has 0 saturated carbocycles. The van der Waals surface area contributed by atoms with Crippen LogP contribution in [0.4, 0.5) is 4.39 Å². The Morgan fingerprint density at radius 2 is 1.93 bits per heavy atom. The van der Waals surface area contributed by atoms with Crippen LogP contribution in [0.1, 0.15) is 11.1 Å². The predicted octanol–water partition coefficient (Wildman–Crippen LogP) is 2.05. The van der Waals surface area contributed by atoms with Crippen LogP contribution in [-0.4, -0.2) is 14.6 Å². The van der Waals surface area contributed by atoms with Crippen LogP contribution in [-0.2, 0) is 21.9 Å². The van der Waals surface area contributed by atoms with Crippen LogP contribution in [0.15, 0.2) is 23.1 Å². The molecule has 1 aromatic carbocycles. The number of alkyl halides is 1. The first kappa shape index (κ1) is 9.93. The Morgan fingerprint density at radius 3 is 2.57 bits per heavy atom. The number of benzene rings is 1. The Labute approximate surface area is 86.1 Å². The maximum atomic E-state index is 13.0. The molecular weight excluding hydrogens is 227 g/mol. The highest BCUT2D eigenvalue weighted by atomic mass is 35.7. The lowest BCUT2D eigenvalue weighted by molar-refractivity contribution is 0.349. The minimum absolute atomic E-state index is 0.0482. The van der Waals surface area contributed by atoms with Gasteiger partial charge in [0.15, 0.2) is 0 Å². The van der Waals surface area contributed by atoms with Crippen LogP contribution in [0.3, 0.4) is 0 Å². The van der Waals surface area contributed by atoms with E-state index < -0.39 is 15.2 Å². The molecule has 0 bridgehead atoms. The topological polar surface area (TPSA) is 34.1 Å². The molecule has 1 aliphatic carbocycles. The van der Waals surface area contributed by atoms with Gasteiger partial charge in [-0.05, 0) is 23.3 Å². The normalized spacial score (nSPS) is 20.9.